The van der Waals surface area contributed by atoms with Crippen LogP contribution in [0.1, 0.15) is 24.8 Å². The third-order valence-corrected chi connectivity index (χ3v) is 5.78. The third kappa shape index (κ3) is 6.39. The van der Waals surface area contributed by atoms with Crippen molar-refractivity contribution in [2.75, 3.05) is 32.6 Å². The molecule has 1 saturated heterocycles. The number of hydrogen-bond acceptors (Lipinski definition) is 5. The predicted octanol–water partition coefficient (Wildman–Crippen LogP) is 1.33. The van der Waals surface area contributed by atoms with Crippen molar-refractivity contribution in [2.24, 2.45) is 5.92 Å². The number of benzene rings is 1. The zero-order chi connectivity index (χ0) is 17.4. The lowest BCUT2D eigenvalue weighted by molar-refractivity contribution is 0.00567. The van der Waals surface area contributed by atoms with Gasteiger partial charge in [-0.1, -0.05) is 12.1 Å². The Balaban J connectivity index is 1.70. The Kier molecular flexibility index (Phi) is 7.48. The molecule has 7 heteroatoms. The summed E-state index contributed by atoms with van der Waals surface area (Å²) in [6, 6.07) is 7.37. The van der Waals surface area contributed by atoms with Gasteiger partial charge >= 0.3 is 0 Å². The molecule has 0 aliphatic carbocycles. The quantitative estimate of drug-likeness (QED) is 0.697. The number of methoxy groups -OCH3 is 1. The van der Waals surface area contributed by atoms with Crippen LogP contribution in [0.15, 0.2) is 24.3 Å². The molecular formula is C17H27NO5S. The number of nitrogens with one attached hydrogen (secondary N) is 1. The molecule has 0 bridgehead atoms. The van der Waals surface area contributed by atoms with Gasteiger partial charge in [0, 0.05) is 19.8 Å². The second-order valence-corrected chi connectivity index (χ2v) is 8.04. The topological polar surface area (TPSA) is 84.9 Å². The monoisotopic (exact) mass is 357 g/mol. The van der Waals surface area contributed by atoms with Gasteiger partial charge in [-0.15, -0.1) is 0 Å². The van der Waals surface area contributed by atoms with Gasteiger partial charge in [-0.2, -0.15) is 0 Å². The summed E-state index contributed by atoms with van der Waals surface area (Å²) >= 11 is 0. The summed E-state index contributed by atoms with van der Waals surface area (Å²) in [6.45, 7) is 1.62. The third-order valence-electron chi connectivity index (χ3n) is 4.39. The number of aliphatic hydroxyl groups is 1. The summed E-state index contributed by atoms with van der Waals surface area (Å²) in [5, 5.41) is 10.1. The molecule has 1 heterocycles. The fourth-order valence-electron chi connectivity index (χ4n) is 2.82. The van der Waals surface area contributed by atoms with Crippen LogP contribution < -0.4 is 9.46 Å². The van der Waals surface area contributed by atoms with E-state index in [-0.39, 0.29) is 18.2 Å². The number of sulfonamides is 1. The summed E-state index contributed by atoms with van der Waals surface area (Å²) in [4.78, 5) is 0. The van der Waals surface area contributed by atoms with E-state index in [1.165, 1.54) is 0 Å². The fraction of sp³-hybridized carbons (Fsp3) is 0.647. The van der Waals surface area contributed by atoms with Crippen molar-refractivity contribution < 1.29 is 23.0 Å². The van der Waals surface area contributed by atoms with E-state index in [4.69, 9.17) is 9.47 Å². The Morgan fingerprint density at radius 2 is 1.96 bits per heavy atom. The van der Waals surface area contributed by atoms with Crippen molar-refractivity contribution in [3.8, 4) is 5.75 Å². The molecule has 136 valence electrons. The predicted molar refractivity (Wildman–Crippen MR) is 92.7 cm³/mol. The average Bonchev–Trinajstić information content (AvgIpc) is 2.61. The van der Waals surface area contributed by atoms with Gasteiger partial charge in [0.15, 0.2) is 0 Å². The molecule has 1 unspecified atom stereocenters. The Bertz CT molecular complexity index is 582. The Hall–Kier alpha value is -1.15. The number of aryl methyl sites for hydroxylation is 1. The summed E-state index contributed by atoms with van der Waals surface area (Å²) in [7, 11) is -1.74. The molecule has 2 N–H and O–H groups in total. The lowest BCUT2D eigenvalue weighted by Gasteiger charge is -2.26. The first kappa shape index (κ1) is 19.2. The van der Waals surface area contributed by atoms with Gasteiger partial charge in [0.1, 0.15) is 5.75 Å². The van der Waals surface area contributed by atoms with E-state index in [0.29, 0.717) is 26.1 Å². The highest BCUT2D eigenvalue weighted by Crippen LogP contribution is 2.20. The molecule has 24 heavy (non-hydrogen) atoms. The van der Waals surface area contributed by atoms with Crippen LogP contribution in [0.5, 0.6) is 5.75 Å². The maximum atomic E-state index is 12.0. The van der Waals surface area contributed by atoms with Gasteiger partial charge in [0.25, 0.3) is 0 Å². The Morgan fingerprint density at radius 3 is 2.58 bits per heavy atom. The molecule has 0 saturated carbocycles. The first-order valence-corrected chi connectivity index (χ1v) is 10.0. The van der Waals surface area contributed by atoms with Crippen LogP contribution in [0.2, 0.25) is 0 Å². The van der Waals surface area contributed by atoms with E-state index >= 15 is 0 Å². The maximum absolute atomic E-state index is 12.0. The van der Waals surface area contributed by atoms with Gasteiger partial charge in [0.05, 0.1) is 19.0 Å². The standard InChI is InChI=1S/C17H27NO5S/c1-22-16-4-2-14(3-5-16)9-13-24(20,21)18-10-6-17(19)15-7-11-23-12-8-15/h2-5,15,17-19H,6-13H2,1H3. The van der Waals surface area contributed by atoms with Gasteiger partial charge in [0.2, 0.25) is 10.0 Å². The van der Waals surface area contributed by atoms with Gasteiger partial charge in [-0.05, 0) is 49.3 Å². The van der Waals surface area contributed by atoms with Crippen LogP contribution >= 0.6 is 0 Å². The van der Waals surface area contributed by atoms with Crippen LogP contribution in [0.3, 0.4) is 0 Å². The smallest absolute Gasteiger partial charge is 0.211 e. The zero-order valence-corrected chi connectivity index (χ0v) is 14.9. The van der Waals surface area contributed by atoms with Crippen LogP contribution in [0.4, 0.5) is 0 Å². The van der Waals surface area contributed by atoms with Gasteiger partial charge in [-0.3, -0.25) is 0 Å². The highest BCUT2D eigenvalue weighted by molar-refractivity contribution is 7.89. The number of hydrogen-bond donors (Lipinski definition) is 2. The normalized spacial score (nSPS) is 17.6. The van der Waals surface area contributed by atoms with E-state index in [1.807, 2.05) is 24.3 Å². The second-order valence-electron chi connectivity index (χ2n) is 6.12. The lowest BCUT2D eigenvalue weighted by Crippen LogP contribution is -2.33. The molecule has 0 spiro atoms. The Morgan fingerprint density at radius 1 is 1.29 bits per heavy atom. The van der Waals surface area contributed by atoms with E-state index in [1.54, 1.807) is 7.11 Å². The molecule has 1 fully saturated rings. The SMILES string of the molecule is COc1ccc(CCS(=O)(=O)NCCC(O)C2CCOCC2)cc1. The highest BCUT2D eigenvalue weighted by atomic mass is 32.2. The lowest BCUT2D eigenvalue weighted by atomic mass is 9.92. The van der Waals surface area contributed by atoms with Crippen molar-refractivity contribution in [1.29, 1.82) is 0 Å². The average molecular weight is 357 g/mol. The van der Waals surface area contributed by atoms with Crippen molar-refractivity contribution in [3.63, 3.8) is 0 Å². The molecule has 2 rings (SSSR count). The van der Waals surface area contributed by atoms with E-state index in [2.05, 4.69) is 4.72 Å². The summed E-state index contributed by atoms with van der Waals surface area (Å²) in [5.41, 5.74) is 0.948. The summed E-state index contributed by atoms with van der Waals surface area (Å²) < 4.78 is 37.0. The molecule has 1 aromatic carbocycles. The molecule has 1 aromatic rings. The van der Waals surface area contributed by atoms with E-state index < -0.39 is 16.1 Å². The van der Waals surface area contributed by atoms with Gasteiger partial charge < -0.3 is 14.6 Å². The van der Waals surface area contributed by atoms with Crippen molar-refractivity contribution in [2.45, 2.75) is 31.8 Å². The van der Waals surface area contributed by atoms with E-state index in [0.717, 1.165) is 24.2 Å². The Labute approximate surface area is 144 Å². The zero-order valence-electron chi connectivity index (χ0n) is 14.1. The fourth-order valence-corrected chi connectivity index (χ4v) is 3.89. The molecule has 6 nitrogen and oxygen atoms in total. The molecule has 1 aliphatic rings. The van der Waals surface area contributed by atoms with Crippen molar-refractivity contribution in [1.82, 2.24) is 4.72 Å². The minimum atomic E-state index is -3.34. The number of aliphatic hydroxyl groups excluding tert-OH is 1. The van der Waals surface area contributed by atoms with Crippen molar-refractivity contribution in [3.05, 3.63) is 29.8 Å². The van der Waals surface area contributed by atoms with Crippen LogP contribution in [0, 0.1) is 5.92 Å². The van der Waals surface area contributed by atoms with Crippen LogP contribution in [-0.4, -0.2) is 52.2 Å². The second kappa shape index (κ2) is 9.36. The van der Waals surface area contributed by atoms with Crippen LogP contribution in [0.25, 0.3) is 0 Å². The summed E-state index contributed by atoms with van der Waals surface area (Å²) in [6.07, 6.45) is 2.09. The molecule has 0 radical (unpaired) electrons. The minimum absolute atomic E-state index is 0.0344. The molecule has 1 atom stereocenters. The molecular weight excluding hydrogens is 330 g/mol. The van der Waals surface area contributed by atoms with Crippen molar-refractivity contribution >= 4 is 10.0 Å². The summed E-state index contributed by atoms with van der Waals surface area (Å²) in [5.74, 6) is 0.997. The number of ether oxygens (including phenoxy) is 2. The molecule has 0 amide bonds. The van der Waals surface area contributed by atoms with Gasteiger partial charge in [-0.25, -0.2) is 13.1 Å². The maximum Gasteiger partial charge on any atom is 0.211 e. The first-order chi connectivity index (χ1) is 11.5. The highest BCUT2D eigenvalue weighted by Gasteiger charge is 2.22. The molecule has 1 aliphatic heterocycles. The largest absolute Gasteiger partial charge is 0.497 e. The number of rotatable bonds is 9. The van der Waals surface area contributed by atoms with Crippen LogP contribution in [-0.2, 0) is 21.2 Å². The molecule has 0 aromatic heterocycles. The first-order valence-electron chi connectivity index (χ1n) is 8.36. The van der Waals surface area contributed by atoms with E-state index in [9.17, 15) is 13.5 Å². The minimum Gasteiger partial charge on any atom is -0.497 e.